The van der Waals surface area contributed by atoms with E-state index in [1.807, 2.05) is 13.8 Å². The van der Waals surface area contributed by atoms with Crippen LogP contribution in [0.4, 0.5) is 0 Å². The molecule has 0 bridgehead atoms. The Balaban J connectivity index is 3.88. The van der Waals surface area contributed by atoms with Crippen LogP contribution in [0.1, 0.15) is 40.0 Å². The molecular formula is C15H32N2O4. The van der Waals surface area contributed by atoms with Crippen LogP contribution in [0.5, 0.6) is 0 Å². The minimum absolute atomic E-state index is 0.0363. The molecule has 0 aromatic rings. The first kappa shape index (κ1) is 20.3. The van der Waals surface area contributed by atoms with Crippen LogP contribution in [-0.2, 0) is 19.0 Å². The summed E-state index contributed by atoms with van der Waals surface area (Å²) in [5.41, 5.74) is 4.78. The average Bonchev–Trinajstić information content (AvgIpc) is 2.44. The standard InChI is InChI=1S/C15H32N2O4/c1-5-7-17-15(3,14(16)18)12-13(2)21-9-6-8-20-11-10-19-4/h13,17H,5-12H2,1-4H3,(H2,16,18). The van der Waals surface area contributed by atoms with E-state index in [4.69, 9.17) is 19.9 Å². The Morgan fingerprint density at radius 2 is 2.00 bits per heavy atom. The third-order valence-corrected chi connectivity index (χ3v) is 3.27. The second-order valence-electron chi connectivity index (χ2n) is 5.47. The molecule has 126 valence electrons. The summed E-state index contributed by atoms with van der Waals surface area (Å²) in [6.45, 7) is 9.08. The Labute approximate surface area is 128 Å². The van der Waals surface area contributed by atoms with Gasteiger partial charge in [0, 0.05) is 26.7 Å². The second-order valence-corrected chi connectivity index (χ2v) is 5.47. The van der Waals surface area contributed by atoms with Crippen molar-refractivity contribution in [2.24, 2.45) is 5.73 Å². The van der Waals surface area contributed by atoms with Crippen LogP contribution in [0.3, 0.4) is 0 Å². The lowest BCUT2D eigenvalue weighted by molar-refractivity contribution is -0.125. The Kier molecular flexibility index (Phi) is 11.5. The van der Waals surface area contributed by atoms with Gasteiger partial charge in [0.05, 0.1) is 24.9 Å². The SMILES string of the molecule is CCCNC(C)(CC(C)OCCCOCCOC)C(N)=O. The maximum absolute atomic E-state index is 11.6. The van der Waals surface area contributed by atoms with Crippen molar-refractivity contribution in [3.05, 3.63) is 0 Å². The lowest BCUT2D eigenvalue weighted by Gasteiger charge is -2.30. The molecule has 0 aliphatic heterocycles. The smallest absolute Gasteiger partial charge is 0.237 e. The molecule has 0 fully saturated rings. The molecule has 21 heavy (non-hydrogen) atoms. The molecule has 0 saturated carbocycles. The Morgan fingerprint density at radius 3 is 2.57 bits per heavy atom. The van der Waals surface area contributed by atoms with Crippen LogP contribution in [0.15, 0.2) is 0 Å². The van der Waals surface area contributed by atoms with Crippen molar-refractivity contribution in [1.82, 2.24) is 5.32 Å². The molecule has 6 nitrogen and oxygen atoms in total. The van der Waals surface area contributed by atoms with Gasteiger partial charge in [0.1, 0.15) is 0 Å². The molecule has 2 atom stereocenters. The zero-order valence-corrected chi connectivity index (χ0v) is 13.9. The Bertz CT molecular complexity index is 276. The van der Waals surface area contributed by atoms with Crippen molar-refractivity contribution in [2.75, 3.05) is 40.1 Å². The van der Waals surface area contributed by atoms with Gasteiger partial charge in [-0.3, -0.25) is 4.79 Å². The summed E-state index contributed by atoms with van der Waals surface area (Å²) < 4.78 is 16.0. The number of methoxy groups -OCH3 is 1. The molecule has 0 saturated heterocycles. The minimum Gasteiger partial charge on any atom is -0.382 e. The van der Waals surface area contributed by atoms with Crippen LogP contribution in [0, 0.1) is 0 Å². The molecule has 0 aromatic heterocycles. The van der Waals surface area contributed by atoms with Gasteiger partial charge in [-0.2, -0.15) is 0 Å². The molecule has 0 spiro atoms. The van der Waals surface area contributed by atoms with Crippen molar-refractivity contribution < 1.29 is 19.0 Å². The third kappa shape index (κ3) is 9.79. The highest BCUT2D eigenvalue weighted by molar-refractivity contribution is 5.84. The summed E-state index contributed by atoms with van der Waals surface area (Å²) in [4.78, 5) is 11.6. The number of hydrogen-bond acceptors (Lipinski definition) is 5. The molecule has 1 amide bonds. The van der Waals surface area contributed by atoms with E-state index in [1.54, 1.807) is 7.11 Å². The first-order valence-electron chi connectivity index (χ1n) is 7.69. The van der Waals surface area contributed by atoms with E-state index < -0.39 is 5.54 Å². The normalized spacial score (nSPS) is 15.6. The van der Waals surface area contributed by atoms with E-state index in [0.717, 1.165) is 19.4 Å². The summed E-state index contributed by atoms with van der Waals surface area (Å²) in [6, 6.07) is 0. The van der Waals surface area contributed by atoms with Gasteiger partial charge in [-0.05, 0) is 33.2 Å². The van der Waals surface area contributed by atoms with E-state index in [1.165, 1.54) is 0 Å². The van der Waals surface area contributed by atoms with Crippen molar-refractivity contribution >= 4 is 5.91 Å². The largest absolute Gasteiger partial charge is 0.382 e. The van der Waals surface area contributed by atoms with Gasteiger partial charge in [-0.15, -0.1) is 0 Å². The molecule has 0 radical (unpaired) electrons. The van der Waals surface area contributed by atoms with E-state index in [-0.39, 0.29) is 12.0 Å². The number of rotatable bonds is 14. The summed E-state index contributed by atoms with van der Waals surface area (Å²) >= 11 is 0. The monoisotopic (exact) mass is 304 g/mol. The highest BCUT2D eigenvalue weighted by Gasteiger charge is 2.32. The number of amides is 1. The van der Waals surface area contributed by atoms with Crippen LogP contribution < -0.4 is 11.1 Å². The average molecular weight is 304 g/mol. The molecule has 0 rings (SSSR count). The molecule has 3 N–H and O–H groups in total. The fraction of sp³-hybridized carbons (Fsp3) is 0.933. The highest BCUT2D eigenvalue weighted by atomic mass is 16.5. The molecule has 0 aromatic carbocycles. The zero-order valence-electron chi connectivity index (χ0n) is 13.9. The number of nitrogens with one attached hydrogen (secondary N) is 1. The van der Waals surface area contributed by atoms with Gasteiger partial charge in [0.25, 0.3) is 0 Å². The predicted molar refractivity (Wildman–Crippen MR) is 83.2 cm³/mol. The van der Waals surface area contributed by atoms with Gasteiger partial charge in [0.15, 0.2) is 0 Å². The van der Waals surface area contributed by atoms with Crippen LogP contribution in [0.2, 0.25) is 0 Å². The van der Waals surface area contributed by atoms with Crippen molar-refractivity contribution in [2.45, 2.75) is 51.7 Å². The fourth-order valence-corrected chi connectivity index (χ4v) is 1.98. The quantitative estimate of drug-likeness (QED) is 0.469. The molecule has 0 heterocycles. The first-order valence-corrected chi connectivity index (χ1v) is 7.69. The number of nitrogens with two attached hydrogens (primary N) is 1. The molecule has 6 heteroatoms. The maximum atomic E-state index is 11.6. The number of carbonyl (C=O) groups is 1. The Hall–Kier alpha value is -0.690. The van der Waals surface area contributed by atoms with Crippen LogP contribution in [0.25, 0.3) is 0 Å². The summed E-state index contributed by atoms with van der Waals surface area (Å²) in [5, 5.41) is 3.21. The van der Waals surface area contributed by atoms with Crippen LogP contribution in [-0.4, -0.2) is 57.6 Å². The maximum Gasteiger partial charge on any atom is 0.237 e. The van der Waals surface area contributed by atoms with Gasteiger partial charge in [0.2, 0.25) is 5.91 Å². The van der Waals surface area contributed by atoms with Crippen molar-refractivity contribution in [3.63, 3.8) is 0 Å². The Morgan fingerprint density at radius 1 is 1.29 bits per heavy atom. The molecule has 0 aliphatic carbocycles. The number of carbonyl (C=O) groups excluding carboxylic acids is 1. The van der Waals surface area contributed by atoms with E-state index in [2.05, 4.69) is 12.2 Å². The van der Waals surface area contributed by atoms with E-state index in [0.29, 0.717) is 32.8 Å². The van der Waals surface area contributed by atoms with Gasteiger partial charge < -0.3 is 25.3 Å². The first-order chi connectivity index (χ1) is 9.96. The van der Waals surface area contributed by atoms with E-state index in [9.17, 15) is 4.79 Å². The number of primary amides is 1. The second kappa shape index (κ2) is 11.9. The van der Waals surface area contributed by atoms with E-state index >= 15 is 0 Å². The fourth-order valence-electron chi connectivity index (χ4n) is 1.98. The molecule has 0 aliphatic rings. The number of ether oxygens (including phenoxy) is 3. The van der Waals surface area contributed by atoms with Gasteiger partial charge in [-0.1, -0.05) is 6.92 Å². The summed E-state index contributed by atoms with van der Waals surface area (Å²) in [7, 11) is 1.65. The van der Waals surface area contributed by atoms with Crippen molar-refractivity contribution in [1.29, 1.82) is 0 Å². The third-order valence-electron chi connectivity index (χ3n) is 3.27. The van der Waals surface area contributed by atoms with Crippen molar-refractivity contribution in [3.8, 4) is 0 Å². The summed E-state index contributed by atoms with van der Waals surface area (Å²) in [6.07, 6.45) is 2.30. The summed E-state index contributed by atoms with van der Waals surface area (Å²) in [5.74, 6) is -0.339. The molecular weight excluding hydrogens is 272 g/mol. The highest BCUT2D eigenvalue weighted by Crippen LogP contribution is 2.14. The van der Waals surface area contributed by atoms with Gasteiger partial charge in [-0.25, -0.2) is 0 Å². The number of hydrogen-bond donors (Lipinski definition) is 2. The van der Waals surface area contributed by atoms with Gasteiger partial charge >= 0.3 is 0 Å². The molecule has 2 unspecified atom stereocenters. The topological polar surface area (TPSA) is 82.8 Å². The zero-order chi connectivity index (χ0) is 16.1. The van der Waals surface area contributed by atoms with Crippen LogP contribution >= 0.6 is 0 Å². The predicted octanol–water partition coefficient (Wildman–Crippen LogP) is 1.08. The lowest BCUT2D eigenvalue weighted by Crippen LogP contribution is -2.55. The lowest BCUT2D eigenvalue weighted by atomic mass is 9.93. The minimum atomic E-state index is -0.718.